The van der Waals surface area contributed by atoms with Crippen LogP contribution in [-0.4, -0.2) is 35.9 Å². The van der Waals surface area contributed by atoms with Gasteiger partial charge in [0, 0.05) is 11.1 Å². The highest BCUT2D eigenvalue weighted by Gasteiger charge is 2.23. The van der Waals surface area contributed by atoms with E-state index in [0.29, 0.717) is 17.3 Å². The van der Waals surface area contributed by atoms with Crippen molar-refractivity contribution in [2.24, 2.45) is 0 Å². The fourth-order valence-electron chi connectivity index (χ4n) is 4.11. The molecule has 0 aliphatic carbocycles. The third-order valence-corrected chi connectivity index (χ3v) is 5.91. The van der Waals surface area contributed by atoms with Gasteiger partial charge in [0.25, 0.3) is 0 Å². The van der Waals surface area contributed by atoms with Gasteiger partial charge in [0.15, 0.2) is 0 Å². The van der Waals surface area contributed by atoms with E-state index in [-0.39, 0.29) is 12.6 Å². The number of aromatic nitrogens is 2. The molecule has 176 valence electrons. The van der Waals surface area contributed by atoms with Crippen molar-refractivity contribution in [2.45, 2.75) is 6.04 Å². The maximum absolute atomic E-state index is 10.1. The third kappa shape index (κ3) is 4.41. The van der Waals surface area contributed by atoms with E-state index in [0.717, 1.165) is 39.1 Å². The van der Waals surface area contributed by atoms with E-state index in [9.17, 15) is 5.11 Å². The Morgan fingerprint density at radius 1 is 0.829 bits per heavy atom. The number of methoxy groups -OCH3 is 2. The van der Waals surface area contributed by atoms with Crippen LogP contribution in [-0.2, 0) is 0 Å². The molecule has 0 saturated heterocycles. The Labute approximate surface area is 203 Å². The minimum Gasteiger partial charge on any atom is -0.497 e. The molecule has 0 radical (unpaired) electrons. The summed E-state index contributed by atoms with van der Waals surface area (Å²) >= 11 is 0. The molecule has 3 aromatic carbocycles. The summed E-state index contributed by atoms with van der Waals surface area (Å²) in [5, 5.41) is 14.3. The van der Waals surface area contributed by atoms with Gasteiger partial charge in [-0.15, -0.1) is 0 Å². The van der Waals surface area contributed by atoms with E-state index in [2.05, 4.69) is 15.3 Å². The van der Waals surface area contributed by atoms with Crippen LogP contribution in [0.2, 0.25) is 0 Å². The predicted octanol–water partition coefficient (Wildman–Crippen LogP) is 5.72. The van der Waals surface area contributed by atoms with Gasteiger partial charge in [-0.3, -0.25) is 0 Å². The van der Waals surface area contributed by atoms with Crippen LogP contribution in [0.25, 0.3) is 33.6 Å². The molecule has 1 atom stereocenters. The first-order chi connectivity index (χ1) is 17.2. The van der Waals surface area contributed by atoms with Gasteiger partial charge in [0.2, 0.25) is 5.71 Å². The topological polar surface area (TPSA) is 89.6 Å². The van der Waals surface area contributed by atoms with E-state index >= 15 is 0 Å². The number of benzene rings is 3. The van der Waals surface area contributed by atoms with Gasteiger partial charge in [0.05, 0.1) is 32.3 Å². The highest BCUT2D eigenvalue weighted by molar-refractivity contribution is 6.06. The molecule has 5 rings (SSSR count). The van der Waals surface area contributed by atoms with Crippen LogP contribution in [0.5, 0.6) is 11.5 Å². The second-order valence-corrected chi connectivity index (χ2v) is 7.96. The average molecular weight is 468 g/mol. The summed E-state index contributed by atoms with van der Waals surface area (Å²) in [6.45, 7) is -0.101. The van der Waals surface area contributed by atoms with Crippen molar-refractivity contribution in [1.29, 1.82) is 0 Å². The quantitative estimate of drug-likeness (QED) is 0.302. The molecule has 2 N–H and O–H groups in total. The number of ether oxygens (including phenoxy) is 2. The number of nitrogens with zero attached hydrogens (tertiary/aromatic N) is 2. The van der Waals surface area contributed by atoms with E-state index in [4.69, 9.17) is 13.9 Å². The second kappa shape index (κ2) is 9.87. The van der Waals surface area contributed by atoms with Crippen molar-refractivity contribution < 1.29 is 19.0 Å². The molecule has 0 spiro atoms. The van der Waals surface area contributed by atoms with Crippen LogP contribution in [0.1, 0.15) is 11.6 Å². The maximum Gasteiger partial charge on any atom is 0.232 e. The molecule has 0 fully saturated rings. The number of anilines is 1. The summed E-state index contributed by atoms with van der Waals surface area (Å²) in [7, 11) is 3.27. The number of aliphatic hydroxyl groups excluding tert-OH is 1. The summed E-state index contributed by atoms with van der Waals surface area (Å²) in [4.78, 5) is 8.95. The monoisotopic (exact) mass is 467 g/mol. The molecule has 2 aromatic heterocycles. The van der Waals surface area contributed by atoms with Crippen LogP contribution in [0.3, 0.4) is 0 Å². The lowest BCUT2D eigenvalue weighted by atomic mass is 9.98. The highest BCUT2D eigenvalue weighted by Crippen LogP contribution is 2.43. The Morgan fingerprint density at radius 2 is 1.46 bits per heavy atom. The molecule has 0 aliphatic heterocycles. The number of nitrogens with one attached hydrogen (secondary N) is 1. The summed E-state index contributed by atoms with van der Waals surface area (Å²) in [5.41, 5.74) is 4.05. The summed E-state index contributed by atoms with van der Waals surface area (Å²) in [6, 6.07) is 24.9. The molecular weight excluding hydrogens is 442 g/mol. The Bertz CT molecular complexity index is 1420. The molecule has 0 saturated carbocycles. The van der Waals surface area contributed by atoms with Gasteiger partial charge < -0.3 is 24.3 Å². The average Bonchev–Trinajstić information content (AvgIpc) is 3.32. The zero-order chi connectivity index (χ0) is 24.2. The van der Waals surface area contributed by atoms with Gasteiger partial charge in [-0.05, 0) is 47.5 Å². The summed E-state index contributed by atoms with van der Waals surface area (Å²) in [5.74, 6) is 2.75. The molecule has 0 unspecified atom stereocenters. The van der Waals surface area contributed by atoms with Crippen LogP contribution in [0, 0.1) is 0 Å². The largest absolute Gasteiger partial charge is 0.497 e. The van der Waals surface area contributed by atoms with Gasteiger partial charge in [-0.25, -0.2) is 9.97 Å². The van der Waals surface area contributed by atoms with Crippen molar-refractivity contribution in [3.8, 4) is 33.9 Å². The van der Waals surface area contributed by atoms with Gasteiger partial charge in [-0.2, -0.15) is 0 Å². The molecule has 0 bridgehead atoms. The molecule has 2 heterocycles. The minimum absolute atomic E-state index is 0.101. The Kier molecular flexibility index (Phi) is 6.32. The standard InChI is InChI=1S/C28H25N3O4/c1-33-21-12-8-19(9-13-21)24-25-27(31-23(16-32)18-6-4-3-5-7-18)29-17-30-28(25)35-26(24)20-10-14-22(34-2)15-11-20/h3-15,17,23,32H,16H2,1-2H3,(H,29,30,31)/t23-/m1/s1. The zero-order valence-electron chi connectivity index (χ0n) is 19.4. The zero-order valence-corrected chi connectivity index (χ0v) is 19.4. The Balaban J connectivity index is 1.70. The first-order valence-electron chi connectivity index (χ1n) is 11.2. The minimum atomic E-state index is -0.350. The number of hydrogen-bond acceptors (Lipinski definition) is 7. The molecule has 7 nitrogen and oxygen atoms in total. The summed E-state index contributed by atoms with van der Waals surface area (Å²) in [6.07, 6.45) is 1.46. The van der Waals surface area contributed by atoms with E-state index in [1.165, 1.54) is 6.33 Å². The Morgan fingerprint density at radius 3 is 2.06 bits per heavy atom. The molecule has 0 aliphatic rings. The summed E-state index contributed by atoms with van der Waals surface area (Å²) < 4.78 is 17.0. The van der Waals surface area contributed by atoms with E-state index < -0.39 is 0 Å². The van der Waals surface area contributed by atoms with Crippen LogP contribution in [0.4, 0.5) is 5.82 Å². The number of fused-ring (bicyclic) bond motifs is 1. The maximum atomic E-state index is 10.1. The van der Waals surface area contributed by atoms with E-state index in [1.54, 1.807) is 14.2 Å². The first kappa shape index (κ1) is 22.4. The Hall–Kier alpha value is -4.36. The van der Waals surface area contributed by atoms with Crippen molar-refractivity contribution >= 4 is 16.9 Å². The van der Waals surface area contributed by atoms with Crippen molar-refractivity contribution in [3.05, 3.63) is 90.8 Å². The number of aliphatic hydroxyl groups is 1. The van der Waals surface area contributed by atoms with Crippen molar-refractivity contribution in [3.63, 3.8) is 0 Å². The fraction of sp³-hybridized carbons (Fsp3) is 0.143. The number of rotatable bonds is 8. The van der Waals surface area contributed by atoms with Crippen LogP contribution < -0.4 is 14.8 Å². The number of furan rings is 1. The fourth-order valence-corrected chi connectivity index (χ4v) is 4.11. The van der Waals surface area contributed by atoms with Crippen LogP contribution in [0.15, 0.2) is 89.6 Å². The van der Waals surface area contributed by atoms with Crippen LogP contribution >= 0.6 is 0 Å². The van der Waals surface area contributed by atoms with Gasteiger partial charge >= 0.3 is 0 Å². The lowest BCUT2D eigenvalue weighted by Gasteiger charge is -2.18. The van der Waals surface area contributed by atoms with E-state index in [1.807, 2.05) is 78.9 Å². The van der Waals surface area contributed by atoms with Crippen molar-refractivity contribution in [1.82, 2.24) is 9.97 Å². The molecular formula is C28H25N3O4. The van der Waals surface area contributed by atoms with Crippen molar-refractivity contribution in [2.75, 3.05) is 26.1 Å². The first-order valence-corrected chi connectivity index (χ1v) is 11.2. The molecule has 0 amide bonds. The lowest BCUT2D eigenvalue weighted by molar-refractivity contribution is 0.276. The second-order valence-electron chi connectivity index (χ2n) is 7.96. The normalized spacial score (nSPS) is 11.9. The van der Waals surface area contributed by atoms with Gasteiger partial charge in [0.1, 0.15) is 29.4 Å². The molecule has 35 heavy (non-hydrogen) atoms. The third-order valence-electron chi connectivity index (χ3n) is 5.91. The molecule has 5 aromatic rings. The highest BCUT2D eigenvalue weighted by atomic mass is 16.5. The molecule has 7 heteroatoms. The SMILES string of the molecule is COc1ccc(-c2oc3ncnc(N[C@H](CO)c4ccccc4)c3c2-c2ccc(OC)cc2)cc1. The van der Waals surface area contributed by atoms with Gasteiger partial charge in [-0.1, -0.05) is 42.5 Å². The predicted molar refractivity (Wildman–Crippen MR) is 136 cm³/mol. The lowest BCUT2D eigenvalue weighted by Crippen LogP contribution is -2.15. The smallest absolute Gasteiger partial charge is 0.232 e. The number of hydrogen-bond donors (Lipinski definition) is 2.